The quantitative estimate of drug-likeness (QED) is 0.744. The number of carbonyl (C=O) groups excluding carboxylic acids is 2. The number of anilines is 1. The molecule has 2 aliphatic rings. The zero-order valence-electron chi connectivity index (χ0n) is 16.0. The molecule has 0 aromatic heterocycles. The summed E-state index contributed by atoms with van der Waals surface area (Å²) in [5, 5.41) is 5.27. The van der Waals surface area contributed by atoms with Gasteiger partial charge in [-0.05, 0) is 17.5 Å². The maximum atomic E-state index is 13.0. The Morgan fingerprint density at radius 1 is 1.00 bits per heavy atom. The number of nitrogens with zero attached hydrogens (tertiary/aromatic N) is 1. The highest BCUT2D eigenvalue weighted by Gasteiger charge is 2.37. The van der Waals surface area contributed by atoms with Gasteiger partial charge in [0.25, 0.3) is 0 Å². The van der Waals surface area contributed by atoms with Crippen LogP contribution in [0.1, 0.15) is 24.4 Å². The average molecular weight is 386 g/mol. The van der Waals surface area contributed by atoms with E-state index in [1.807, 2.05) is 66.7 Å². The summed E-state index contributed by atoms with van der Waals surface area (Å²) >= 11 is 0. The van der Waals surface area contributed by atoms with Crippen molar-refractivity contribution >= 4 is 28.3 Å². The smallest absolute Gasteiger partial charge is 0.227 e. The zero-order valence-corrected chi connectivity index (χ0v) is 16.0. The molecule has 146 valence electrons. The normalized spacial score (nSPS) is 21.0. The average Bonchev–Trinajstić information content (AvgIpc) is 3.15. The van der Waals surface area contributed by atoms with Crippen LogP contribution in [0.5, 0.6) is 5.75 Å². The number of fused-ring (bicyclic) bond motifs is 2. The topological polar surface area (TPSA) is 58.6 Å². The molecule has 0 spiro atoms. The van der Waals surface area contributed by atoms with Crippen LogP contribution in [0.3, 0.4) is 0 Å². The number of rotatable bonds is 3. The Balaban J connectivity index is 1.35. The van der Waals surface area contributed by atoms with Crippen LogP contribution < -0.4 is 15.0 Å². The van der Waals surface area contributed by atoms with Crippen molar-refractivity contribution in [3.63, 3.8) is 0 Å². The van der Waals surface area contributed by atoms with E-state index in [-0.39, 0.29) is 30.2 Å². The highest BCUT2D eigenvalue weighted by atomic mass is 16.5. The van der Waals surface area contributed by atoms with Crippen LogP contribution >= 0.6 is 0 Å². The molecule has 2 aliphatic heterocycles. The second-order valence-electron chi connectivity index (χ2n) is 7.64. The number of nitrogens with one attached hydrogen (secondary N) is 1. The number of carbonyl (C=O) groups is 2. The summed E-state index contributed by atoms with van der Waals surface area (Å²) in [4.78, 5) is 27.5. The van der Waals surface area contributed by atoms with Crippen LogP contribution in [0, 0.1) is 5.92 Å². The Kier molecular flexibility index (Phi) is 4.43. The highest BCUT2D eigenvalue weighted by molar-refractivity contribution is 6.07. The van der Waals surface area contributed by atoms with Gasteiger partial charge >= 0.3 is 0 Å². The van der Waals surface area contributed by atoms with Crippen molar-refractivity contribution in [2.75, 3.05) is 18.1 Å². The fraction of sp³-hybridized carbons (Fsp3) is 0.250. The van der Waals surface area contributed by atoms with Gasteiger partial charge < -0.3 is 15.0 Å². The molecule has 5 heteroatoms. The predicted molar refractivity (Wildman–Crippen MR) is 112 cm³/mol. The second-order valence-corrected chi connectivity index (χ2v) is 7.64. The Morgan fingerprint density at radius 2 is 1.79 bits per heavy atom. The lowest BCUT2D eigenvalue weighted by Gasteiger charge is -2.27. The molecule has 29 heavy (non-hydrogen) atoms. The van der Waals surface area contributed by atoms with Crippen LogP contribution in [-0.2, 0) is 9.59 Å². The van der Waals surface area contributed by atoms with Crippen LogP contribution in [0.25, 0.3) is 10.8 Å². The maximum absolute atomic E-state index is 13.0. The fourth-order valence-electron chi connectivity index (χ4n) is 4.34. The Morgan fingerprint density at radius 3 is 2.72 bits per heavy atom. The zero-order chi connectivity index (χ0) is 19.8. The molecule has 0 saturated carbocycles. The summed E-state index contributed by atoms with van der Waals surface area (Å²) in [6, 6.07) is 21.7. The van der Waals surface area contributed by atoms with E-state index in [4.69, 9.17) is 4.74 Å². The van der Waals surface area contributed by atoms with E-state index in [1.165, 1.54) is 0 Å². The van der Waals surface area contributed by atoms with Gasteiger partial charge in [-0.3, -0.25) is 9.59 Å². The van der Waals surface area contributed by atoms with Gasteiger partial charge in [0.1, 0.15) is 5.75 Å². The van der Waals surface area contributed by atoms with Gasteiger partial charge in [0.15, 0.2) is 0 Å². The Labute approximate surface area is 169 Å². The van der Waals surface area contributed by atoms with Crippen molar-refractivity contribution < 1.29 is 14.3 Å². The minimum atomic E-state index is -0.350. The molecule has 1 N–H and O–H groups in total. The summed E-state index contributed by atoms with van der Waals surface area (Å²) in [5.74, 6) is 0.400. The van der Waals surface area contributed by atoms with Crippen molar-refractivity contribution in [2.24, 2.45) is 5.92 Å². The first-order valence-electron chi connectivity index (χ1n) is 10.0. The largest absolute Gasteiger partial charge is 0.493 e. The van der Waals surface area contributed by atoms with Crippen LogP contribution in [0.2, 0.25) is 0 Å². The van der Waals surface area contributed by atoms with E-state index in [2.05, 4.69) is 5.32 Å². The van der Waals surface area contributed by atoms with Gasteiger partial charge in [-0.15, -0.1) is 0 Å². The Hall–Kier alpha value is -3.34. The predicted octanol–water partition coefficient (Wildman–Crippen LogP) is 3.83. The molecule has 0 radical (unpaired) electrons. The van der Waals surface area contributed by atoms with Gasteiger partial charge in [0, 0.05) is 30.3 Å². The first-order valence-corrected chi connectivity index (χ1v) is 10.0. The lowest BCUT2D eigenvalue weighted by molar-refractivity contribution is -0.127. The van der Waals surface area contributed by atoms with Gasteiger partial charge in [-0.25, -0.2) is 0 Å². The van der Waals surface area contributed by atoms with E-state index < -0.39 is 0 Å². The molecule has 0 aliphatic carbocycles. The third-order valence-corrected chi connectivity index (χ3v) is 5.83. The van der Waals surface area contributed by atoms with E-state index in [0.29, 0.717) is 13.2 Å². The number of para-hydroxylation sites is 1. The lowest BCUT2D eigenvalue weighted by Crippen LogP contribution is -2.37. The SMILES string of the molecule is O=C(N[C@H]1CCOc2ccccc21)[C@H]1CC(=O)N(c2cccc3ccccc23)C1. The summed E-state index contributed by atoms with van der Waals surface area (Å²) in [7, 11) is 0. The van der Waals surface area contributed by atoms with Crippen molar-refractivity contribution in [1.82, 2.24) is 5.32 Å². The molecule has 2 atom stereocenters. The van der Waals surface area contributed by atoms with Crippen molar-refractivity contribution in [1.29, 1.82) is 0 Å². The third kappa shape index (κ3) is 3.23. The number of hydrogen-bond donors (Lipinski definition) is 1. The summed E-state index contributed by atoms with van der Waals surface area (Å²) in [6.45, 7) is 0.983. The first kappa shape index (κ1) is 17.7. The van der Waals surface area contributed by atoms with E-state index in [0.717, 1.165) is 34.2 Å². The molecule has 1 fully saturated rings. The van der Waals surface area contributed by atoms with E-state index in [1.54, 1.807) is 4.90 Å². The highest BCUT2D eigenvalue weighted by Crippen LogP contribution is 2.34. The molecule has 0 bridgehead atoms. The van der Waals surface area contributed by atoms with Crippen molar-refractivity contribution in [3.05, 3.63) is 72.3 Å². The molecule has 5 nitrogen and oxygen atoms in total. The van der Waals surface area contributed by atoms with Gasteiger partial charge in [0.2, 0.25) is 11.8 Å². The molecular weight excluding hydrogens is 364 g/mol. The van der Waals surface area contributed by atoms with Crippen LogP contribution in [0.4, 0.5) is 5.69 Å². The number of hydrogen-bond acceptors (Lipinski definition) is 3. The molecule has 5 rings (SSSR count). The number of benzene rings is 3. The van der Waals surface area contributed by atoms with Gasteiger partial charge in [0.05, 0.1) is 24.3 Å². The minimum Gasteiger partial charge on any atom is -0.493 e. The Bertz CT molecular complexity index is 1090. The summed E-state index contributed by atoms with van der Waals surface area (Å²) in [5.41, 5.74) is 1.88. The fourth-order valence-corrected chi connectivity index (χ4v) is 4.34. The number of amides is 2. The molecule has 2 amide bonds. The summed E-state index contributed by atoms with van der Waals surface area (Å²) in [6.07, 6.45) is 0.969. The molecular formula is C24H22N2O3. The molecule has 3 aromatic rings. The van der Waals surface area contributed by atoms with Crippen molar-refractivity contribution in [2.45, 2.75) is 18.9 Å². The monoisotopic (exact) mass is 386 g/mol. The summed E-state index contributed by atoms with van der Waals surface area (Å²) < 4.78 is 5.68. The molecule has 2 heterocycles. The number of ether oxygens (including phenoxy) is 1. The maximum Gasteiger partial charge on any atom is 0.227 e. The first-order chi connectivity index (χ1) is 14.2. The molecule has 1 saturated heterocycles. The standard InChI is InChI=1S/C24H22N2O3/c27-23-14-17(15-26(23)21-10-5-7-16-6-1-2-8-18(16)21)24(28)25-20-12-13-29-22-11-4-3-9-19(20)22/h1-11,17,20H,12-15H2,(H,25,28)/t17-,20-/m0/s1. The minimum absolute atomic E-state index is 0.00567. The van der Waals surface area contributed by atoms with E-state index in [9.17, 15) is 9.59 Å². The lowest BCUT2D eigenvalue weighted by atomic mass is 9.99. The van der Waals surface area contributed by atoms with Crippen LogP contribution in [-0.4, -0.2) is 25.0 Å². The second kappa shape index (κ2) is 7.24. The third-order valence-electron chi connectivity index (χ3n) is 5.83. The molecule has 0 unspecified atom stereocenters. The molecule has 3 aromatic carbocycles. The van der Waals surface area contributed by atoms with Crippen molar-refractivity contribution in [3.8, 4) is 5.75 Å². The van der Waals surface area contributed by atoms with E-state index >= 15 is 0 Å². The van der Waals surface area contributed by atoms with Gasteiger partial charge in [-0.2, -0.15) is 0 Å². The van der Waals surface area contributed by atoms with Gasteiger partial charge in [-0.1, -0.05) is 54.6 Å². The van der Waals surface area contributed by atoms with Crippen LogP contribution in [0.15, 0.2) is 66.7 Å².